The van der Waals surface area contributed by atoms with Crippen LogP contribution in [0.15, 0.2) is 0 Å². The van der Waals surface area contributed by atoms with Crippen molar-refractivity contribution in [1.82, 2.24) is 0 Å². The summed E-state index contributed by atoms with van der Waals surface area (Å²) in [4.78, 5) is 11.1. The molecule has 1 saturated heterocycles. The molecule has 1 aliphatic rings. The molecule has 0 spiro atoms. The number of epoxide rings is 1. The van der Waals surface area contributed by atoms with Gasteiger partial charge in [-0.15, -0.1) is 0 Å². The molecule has 0 bridgehead atoms. The first-order chi connectivity index (χ1) is 5.70. The molecule has 1 fully saturated rings. The Morgan fingerprint density at radius 1 is 1.58 bits per heavy atom. The van der Waals surface area contributed by atoms with E-state index in [1.165, 1.54) is 7.11 Å². The Hall–Kier alpha value is -0.570. The summed E-state index contributed by atoms with van der Waals surface area (Å²) in [6.07, 6.45) is 2.58. The first-order valence-electron chi connectivity index (χ1n) is 4.45. The van der Waals surface area contributed by atoms with E-state index in [4.69, 9.17) is 4.74 Å². The van der Waals surface area contributed by atoms with Gasteiger partial charge in [-0.3, -0.25) is 0 Å². The van der Waals surface area contributed by atoms with E-state index in [9.17, 15) is 4.79 Å². The number of carbonyl (C=O) groups is 1. The monoisotopic (exact) mass is 172 g/mol. The van der Waals surface area contributed by atoms with Gasteiger partial charge in [0.15, 0.2) is 6.10 Å². The maximum Gasteiger partial charge on any atom is 0.338 e. The minimum absolute atomic E-state index is 0.193. The van der Waals surface area contributed by atoms with Crippen LogP contribution in [0.3, 0.4) is 0 Å². The second-order valence-corrected chi connectivity index (χ2v) is 3.19. The molecular formula is C9H16O3. The molecule has 0 aromatic rings. The molecule has 3 heteroatoms. The molecule has 1 rings (SSSR count). The Morgan fingerprint density at radius 2 is 2.25 bits per heavy atom. The maximum absolute atomic E-state index is 11.1. The lowest BCUT2D eigenvalue weighted by molar-refractivity contribution is -0.142. The molecule has 2 unspecified atom stereocenters. The number of methoxy groups -OCH3 is 1. The second-order valence-electron chi connectivity index (χ2n) is 3.19. The van der Waals surface area contributed by atoms with Crippen molar-refractivity contribution in [2.75, 3.05) is 7.11 Å². The molecule has 1 heterocycles. The van der Waals surface area contributed by atoms with Crippen LogP contribution in [-0.4, -0.2) is 24.8 Å². The maximum atomic E-state index is 11.1. The third-order valence-corrected chi connectivity index (χ3v) is 2.46. The standard InChI is InChI=1S/C9H16O3/c1-4-6-9(5-2)7(12-9)8(10)11-3/h7H,4-6H2,1-3H3. The third-order valence-electron chi connectivity index (χ3n) is 2.46. The van der Waals surface area contributed by atoms with Crippen molar-refractivity contribution in [3.63, 3.8) is 0 Å². The predicted octanol–water partition coefficient (Wildman–Crippen LogP) is 1.51. The van der Waals surface area contributed by atoms with Crippen molar-refractivity contribution in [1.29, 1.82) is 0 Å². The number of esters is 1. The molecular weight excluding hydrogens is 156 g/mol. The molecule has 1 aliphatic heterocycles. The highest BCUT2D eigenvalue weighted by Gasteiger charge is 2.59. The number of hydrogen-bond acceptors (Lipinski definition) is 3. The molecule has 0 saturated carbocycles. The minimum atomic E-state index is -0.299. The van der Waals surface area contributed by atoms with Gasteiger partial charge in [0, 0.05) is 0 Å². The van der Waals surface area contributed by atoms with Crippen molar-refractivity contribution < 1.29 is 14.3 Å². The Morgan fingerprint density at radius 3 is 2.67 bits per heavy atom. The van der Waals surface area contributed by atoms with Gasteiger partial charge >= 0.3 is 5.97 Å². The first-order valence-corrected chi connectivity index (χ1v) is 4.45. The lowest BCUT2D eigenvalue weighted by Gasteiger charge is -2.06. The molecule has 0 amide bonds. The van der Waals surface area contributed by atoms with E-state index < -0.39 is 0 Å². The fourth-order valence-electron chi connectivity index (χ4n) is 1.63. The van der Waals surface area contributed by atoms with E-state index in [1.54, 1.807) is 0 Å². The van der Waals surface area contributed by atoms with E-state index in [1.807, 2.05) is 6.92 Å². The van der Waals surface area contributed by atoms with E-state index in [-0.39, 0.29) is 17.7 Å². The smallest absolute Gasteiger partial charge is 0.338 e. The molecule has 0 aliphatic carbocycles. The average Bonchev–Trinajstić information content (AvgIpc) is 2.80. The lowest BCUT2D eigenvalue weighted by Crippen LogP contribution is -2.21. The van der Waals surface area contributed by atoms with Crippen molar-refractivity contribution in [3.05, 3.63) is 0 Å². The normalized spacial score (nSPS) is 33.1. The highest BCUT2D eigenvalue weighted by atomic mass is 16.7. The van der Waals surface area contributed by atoms with Gasteiger partial charge in [-0.05, 0) is 12.8 Å². The van der Waals surface area contributed by atoms with E-state index >= 15 is 0 Å². The Labute approximate surface area is 73.0 Å². The molecule has 2 atom stereocenters. The zero-order valence-electron chi connectivity index (χ0n) is 7.92. The molecule has 70 valence electrons. The topological polar surface area (TPSA) is 38.8 Å². The van der Waals surface area contributed by atoms with Crippen molar-refractivity contribution >= 4 is 5.97 Å². The highest BCUT2D eigenvalue weighted by Crippen LogP contribution is 2.44. The summed E-state index contributed by atoms with van der Waals surface area (Å²) in [6.45, 7) is 4.13. The van der Waals surface area contributed by atoms with Crippen molar-refractivity contribution in [3.8, 4) is 0 Å². The van der Waals surface area contributed by atoms with E-state index in [0.717, 1.165) is 19.3 Å². The summed E-state index contributed by atoms with van der Waals surface area (Å²) in [5.74, 6) is -0.231. The first kappa shape index (κ1) is 9.52. The van der Waals surface area contributed by atoms with Crippen LogP contribution in [0.4, 0.5) is 0 Å². The molecule has 0 aromatic carbocycles. The summed E-state index contributed by atoms with van der Waals surface area (Å²) in [7, 11) is 1.40. The van der Waals surface area contributed by atoms with Crippen LogP contribution in [-0.2, 0) is 14.3 Å². The number of hydrogen-bond donors (Lipinski definition) is 0. The van der Waals surface area contributed by atoms with Crippen LogP contribution < -0.4 is 0 Å². The van der Waals surface area contributed by atoms with Gasteiger partial charge < -0.3 is 9.47 Å². The van der Waals surface area contributed by atoms with Gasteiger partial charge in [0.1, 0.15) is 5.60 Å². The third kappa shape index (κ3) is 1.46. The minimum Gasteiger partial charge on any atom is -0.467 e. The molecule has 0 radical (unpaired) electrons. The van der Waals surface area contributed by atoms with Crippen LogP contribution in [0.2, 0.25) is 0 Å². The van der Waals surface area contributed by atoms with Gasteiger partial charge in [0.2, 0.25) is 0 Å². The quantitative estimate of drug-likeness (QED) is 0.476. The van der Waals surface area contributed by atoms with Crippen LogP contribution in [0.5, 0.6) is 0 Å². The van der Waals surface area contributed by atoms with Gasteiger partial charge in [0.25, 0.3) is 0 Å². The van der Waals surface area contributed by atoms with E-state index in [0.29, 0.717) is 0 Å². The van der Waals surface area contributed by atoms with Gasteiger partial charge in [-0.1, -0.05) is 20.3 Å². The van der Waals surface area contributed by atoms with Crippen molar-refractivity contribution in [2.45, 2.75) is 44.8 Å². The fraction of sp³-hybridized carbons (Fsp3) is 0.889. The summed E-state index contributed by atoms with van der Waals surface area (Å²) in [5, 5.41) is 0. The van der Waals surface area contributed by atoms with Crippen LogP contribution in [0, 0.1) is 0 Å². The summed E-state index contributed by atoms with van der Waals surface area (Å²) in [5.41, 5.74) is -0.193. The van der Waals surface area contributed by atoms with Crippen LogP contribution >= 0.6 is 0 Å². The Balaban J connectivity index is 2.48. The fourth-order valence-corrected chi connectivity index (χ4v) is 1.63. The Bertz CT molecular complexity index is 179. The van der Waals surface area contributed by atoms with Gasteiger partial charge in [-0.2, -0.15) is 0 Å². The number of ether oxygens (including phenoxy) is 2. The predicted molar refractivity (Wildman–Crippen MR) is 44.8 cm³/mol. The Kier molecular flexibility index (Phi) is 2.73. The zero-order valence-corrected chi connectivity index (χ0v) is 7.92. The van der Waals surface area contributed by atoms with Crippen molar-refractivity contribution in [2.24, 2.45) is 0 Å². The number of carbonyl (C=O) groups excluding carboxylic acids is 1. The largest absolute Gasteiger partial charge is 0.467 e. The second kappa shape index (κ2) is 3.44. The summed E-state index contributed by atoms with van der Waals surface area (Å²) >= 11 is 0. The SMILES string of the molecule is CCCC1(CC)OC1C(=O)OC. The molecule has 12 heavy (non-hydrogen) atoms. The van der Waals surface area contributed by atoms with Gasteiger partial charge in [-0.25, -0.2) is 4.79 Å². The molecule has 0 N–H and O–H groups in total. The summed E-state index contributed by atoms with van der Waals surface area (Å²) < 4.78 is 9.99. The molecule has 3 nitrogen and oxygen atoms in total. The van der Waals surface area contributed by atoms with Crippen LogP contribution in [0.1, 0.15) is 33.1 Å². The average molecular weight is 172 g/mol. The summed E-state index contributed by atoms with van der Waals surface area (Å²) in [6, 6.07) is 0. The highest BCUT2D eigenvalue weighted by molar-refractivity contribution is 5.79. The molecule has 0 aromatic heterocycles. The van der Waals surface area contributed by atoms with E-state index in [2.05, 4.69) is 11.7 Å². The van der Waals surface area contributed by atoms with Gasteiger partial charge in [0.05, 0.1) is 7.11 Å². The number of rotatable bonds is 4. The van der Waals surface area contributed by atoms with Crippen LogP contribution in [0.25, 0.3) is 0 Å². The lowest BCUT2D eigenvalue weighted by atomic mass is 9.97. The zero-order chi connectivity index (χ0) is 9.19.